The maximum absolute atomic E-state index is 8.65. The van der Waals surface area contributed by atoms with E-state index in [9.17, 15) is 0 Å². The second-order valence-corrected chi connectivity index (χ2v) is 5.28. The quantitative estimate of drug-likeness (QED) is 0.624. The van der Waals surface area contributed by atoms with Crippen LogP contribution in [0.3, 0.4) is 0 Å². The van der Waals surface area contributed by atoms with Crippen molar-refractivity contribution in [2.24, 2.45) is 11.3 Å². The Bertz CT molecular complexity index is 191. The normalized spacial score (nSPS) is 13.5. The molecule has 0 aromatic carbocycles. The summed E-state index contributed by atoms with van der Waals surface area (Å²) in [5, 5.41) is 12.0. The lowest BCUT2D eigenvalue weighted by atomic mass is 9.87. The molecule has 0 heterocycles. The van der Waals surface area contributed by atoms with E-state index in [4.69, 9.17) is 5.26 Å². The lowest BCUT2D eigenvalue weighted by Gasteiger charge is -2.25. The van der Waals surface area contributed by atoms with Crippen molar-refractivity contribution >= 4 is 0 Å². The molecule has 1 atom stereocenters. The second-order valence-electron chi connectivity index (χ2n) is 5.28. The van der Waals surface area contributed by atoms with Crippen LogP contribution in [0, 0.1) is 22.7 Å². The maximum Gasteiger partial charge on any atom is 0.0666 e. The number of nitrogens with zero attached hydrogens (tertiary/aromatic N) is 1. The molecule has 0 fully saturated rings. The molecule has 1 unspecified atom stereocenters. The molecular formula is C13H26N2. The van der Waals surface area contributed by atoms with Gasteiger partial charge in [0.2, 0.25) is 0 Å². The van der Waals surface area contributed by atoms with Crippen LogP contribution in [-0.2, 0) is 0 Å². The fourth-order valence-electron chi connectivity index (χ4n) is 1.61. The Morgan fingerprint density at radius 3 is 2.53 bits per heavy atom. The van der Waals surface area contributed by atoms with E-state index in [1.54, 1.807) is 0 Å². The van der Waals surface area contributed by atoms with Gasteiger partial charge in [-0.15, -0.1) is 0 Å². The molecule has 0 amide bonds. The number of unbranched alkanes of at least 4 members (excludes halogenated alkanes) is 2. The summed E-state index contributed by atoms with van der Waals surface area (Å²) in [6, 6.07) is 2.24. The lowest BCUT2D eigenvalue weighted by Crippen LogP contribution is -2.32. The molecule has 0 saturated carbocycles. The highest BCUT2D eigenvalue weighted by molar-refractivity contribution is 4.81. The third-order valence-corrected chi connectivity index (χ3v) is 2.73. The van der Waals surface area contributed by atoms with Crippen LogP contribution < -0.4 is 5.32 Å². The van der Waals surface area contributed by atoms with Crippen LogP contribution in [-0.4, -0.2) is 13.1 Å². The summed E-state index contributed by atoms with van der Waals surface area (Å²) in [6.07, 6.45) is 5.21. The Morgan fingerprint density at radius 1 is 1.33 bits per heavy atom. The summed E-state index contributed by atoms with van der Waals surface area (Å²) in [5.74, 6) is 0.122. The summed E-state index contributed by atoms with van der Waals surface area (Å²) >= 11 is 0. The first-order valence-electron chi connectivity index (χ1n) is 6.12. The SMILES string of the molecule is CCCCCC(C)(C)CNCC(C)C#N. The molecule has 2 heteroatoms. The molecular weight excluding hydrogens is 184 g/mol. The van der Waals surface area contributed by atoms with Crippen molar-refractivity contribution in [1.82, 2.24) is 5.32 Å². The highest BCUT2D eigenvalue weighted by atomic mass is 14.9. The van der Waals surface area contributed by atoms with E-state index in [2.05, 4.69) is 32.2 Å². The topological polar surface area (TPSA) is 35.8 Å². The van der Waals surface area contributed by atoms with E-state index in [0.717, 1.165) is 13.1 Å². The van der Waals surface area contributed by atoms with E-state index in [0.29, 0.717) is 5.41 Å². The first kappa shape index (κ1) is 14.5. The van der Waals surface area contributed by atoms with E-state index in [1.165, 1.54) is 25.7 Å². The van der Waals surface area contributed by atoms with Crippen molar-refractivity contribution in [3.05, 3.63) is 0 Å². The molecule has 88 valence electrons. The lowest BCUT2D eigenvalue weighted by molar-refractivity contribution is 0.299. The van der Waals surface area contributed by atoms with Gasteiger partial charge in [-0.25, -0.2) is 0 Å². The Morgan fingerprint density at radius 2 is 2.00 bits per heavy atom. The van der Waals surface area contributed by atoms with Crippen LogP contribution >= 0.6 is 0 Å². The van der Waals surface area contributed by atoms with Gasteiger partial charge in [-0.1, -0.05) is 40.0 Å². The van der Waals surface area contributed by atoms with Gasteiger partial charge in [0.15, 0.2) is 0 Å². The second kappa shape index (κ2) is 7.70. The zero-order valence-electron chi connectivity index (χ0n) is 10.8. The molecule has 0 aliphatic carbocycles. The predicted molar refractivity (Wildman–Crippen MR) is 65.6 cm³/mol. The van der Waals surface area contributed by atoms with E-state index in [1.807, 2.05) is 6.92 Å². The van der Waals surface area contributed by atoms with Gasteiger partial charge < -0.3 is 5.32 Å². The van der Waals surface area contributed by atoms with E-state index < -0.39 is 0 Å². The molecule has 15 heavy (non-hydrogen) atoms. The number of nitriles is 1. The van der Waals surface area contributed by atoms with Gasteiger partial charge in [0.25, 0.3) is 0 Å². The summed E-state index contributed by atoms with van der Waals surface area (Å²) in [6.45, 7) is 10.6. The molecule has 0 aliphatic rings. The largest absolute Gasteiger partial charge is 0.315 e. The molecule has 0 aromatic rings. The average molecular weight is 210 g/mol. The summed E-state index contributed by atoms with van der Waals surface area (Å²) in [5.41, 5.74) is 0.365. The van der Waals surface area contributed by atoms with Crippen molar-refractivity contribution in [2.75, 3.05) is 13.1 Å². The third kappa shape index (κ3) is 8.44. The van der Waals surface area contributed by atoms with Gasteiger partial charge in [-0.05, 0) is 18.8 Å². The fourth-order valence-corrected chi connectivity index (χ4v) is 1.61. The number of hydrogen-bond acceptors (Lipinski definition) is 2. The Balaban J connectivity index is 3.60. The molecule has 0 bridgehead atoms. The molecule has 0 saturated heterocycles. The summed E-state index contributed by atoms with van der Waals surface area (Å²) in [4.78, 5) is 0. The Kier molecular flexibility index (Phi) is 7.42. The van der Waals surface area contributed by atoms with Crippen LogP contribution in [0.5, 0.6) is 0 Å². The van der Waals surface area contributed by atoms with E-state index in [-0.39, 0.29) is 5.92 Å². The van der Waals surface area contributed by atoms with Crippen LogP contribution in [0.1, 0.15) is 53.4 Å². The van der Waals surface area contributed by atoms with Crippen LogP contribution in [0.2, 0.25) is 0 Å². The zero-order valence-corrected chi connectivity index (χ0v) is 10.8. The Hall–Kier alpha value is -0.550. The summed E-state index contributed by atoms with van der Waals surface area (Å²) < 4.78 is 0. The van der Waals surface area contributed by atoms with Crippen LogP contribution in [0.4, 0.5) is 0 Å². The standard InChI is InChI=1S/C13H26N2/c1-5-6-7-8-13(3,4)11-15-10-12(2)9-14/h12,15H,5-8,10-11H2,1-4H3. The average Bonchev–Trinajstić information content (AvgIpc) is 2.17. The van der Waals surface area contributed by atoms with E-state index >= 15 is 0 Å². The zero-order chi connectivity index (χ0) is 11.7. The molecule has 0 radical (unpaired) electrons. The first-order chi connectivity index (χ1) is 7.02. The fraction of sp³-hybridized carbons (Fsp3) is 0.923. The monoisotopic (exact) mass is 210 g/mol. The number of nitrogens with one attached hydrogen (secondary N) is 1. The van der Waals surface area contributed by atoms with Gasteiger partial charge in [-0.2, -0.15) is 5.26 Å². The number of hydrogen-bond donors (Lipinski definition) is 1. The molecule has 1 N–H and O–H groups in total. The Labute approximate surface area is 95.1 Å². The van der Waals surface area contributed by atoms with Crippen molar-refractivity contribution in [1.29, 1.82) is 5.26 Å². The molecule has 0 rings (SSSR count). The highest BCUT2D eigenvalue weighted by Gasteiger charge is 2.16. The van der Waals surface area contributed by atoms with Crippen molar-refractivity contribution in [3.63, 3.8) is 0 Å². The van der Waals surface area contributed by atoms with Crippen molar-refractivity contribution in [3.8, 4) is 6.07 Å². The van der Waals surface area contributed by atoms with Crippen LogP contribution in [0.15, 0.2) is 0 Å². The van der Waals surface area contributed by atoms with Crippen molar-refractivity contribution < 1.29 is 0 Å². The molecule has 0 aromatic heterocycles. The minimum Gasteiger partial charge on any atom is -0.315 e. The molecule has 0 spiro atoms. The predicted octanol–water partition coefficient (Wildman–Crippen LogP) is 3.34. The van der Waals surface area contributed by atoms with Crippen LogP contribution in [0.25, 0.3) is 0 Å². The highest BCUT2D eigenvalue weighted by Crippen LogP contribution is 2.22. The minimum absolute atomic E-state index is 0.122. The van der Waals surface area contributed by atoms with Gasteiger partial charge in [0, 0.05) is 13.1 Å². The summed E-state index contributed by atoms with van der Waals surface area (Å²) in [7, 11) is 0. The maximum atomic E-state index is 8.65. The van der Waals surface area contributed by atoms with Gasteiger partial charge in [0.1, 0.15) is 0 Å². The van der Waals surface area contributed by atoms with Gasteiger partial charge in [-0.3, -0.25) is 0 Å². The third-order valence-electron chi connectivity index (χ3n) is 2.73. The van der Waals surface area contributed by atoms with Gasteiger partial charge >= 0.3 is 0 Å². The minimum atomic E-state index is 0.122. The van der Waals surface area contributed by atoms with Crippen molar-refractivity contribution in [2.45, 2.75) is 53.4 Å². The smallest absolute Gasteiger partial charge is 0.0666 e. The molecule has 2 nitrogen and oxygen atoms in total. The molecule has 0 aliphatic heterocycles. The number of rotatable bonds is 8. The van der Waals surface area contributed by atoms with Gasteiger partial charge in [0.05, 0.1) is 12.0 Å². The first-order valence-corrected chi connectivity index (χ1v) is 6.12.